The molecule has 0 aliphatic heterocycles. The van der Waals surface area contributed by atoms with E-state index in [2.05, 4.69) is 9.72 Å². The van der Waals surface area contributed by atoms with Gasteiger partial charge in [0, 0.05) is 12.3 Å². The number of aromatic nitrogens is 1. The zero-order valence-electron chi connectivity index (χ0n) is 15.7. The third-order valence-electron chi connectivity index (χ3n) is 5.52. The first-order chi connectivity index (χ1) is 13.8. The van der Waals surface area contributed by atoms with Gasteiger partial charge in [0.1, 0.15) is 0 Å². The number of alkyl halides is 6. The fourth-order valence-corrected chi connectivity index (χ4v) is 3.75. The molecule has 10 heteroatoms. The Morgan fingerprint density at radius 2 is 1.80 bits per heavy atom. The minimum Gasteiger partial charge on any atom is -0.468 e. The lowest BCUT2D eigenvalue weighted by atomic mass is 9.81. The molecule has 0 spiro atoms. The minimum absolute atomic E-state index is 0.216. The van der Waals surface area contributed by atoms with E-state index in [0.29, 0.717) is 17.5 Å². The van der Waals surface area contributed by atoms with Crippen LogP contribution in [0.4, 0.5) is 26.3 Å². The molecule has 1 heterocycles. The Morgan fingerprint density at radius 3 is 2.27 bits per heavy atom. The van der Waals surface area contributed by atoms with Crippen molar-refractivity contribution in [1.29, 1.82) is 0 Å². The average molecular weight is 432 g/mol. The van der Waals surface area contributed by atoms with E-state index in [-0.39, 0.29) is 11.8 Å². The fourth-order valence-electron chi connectivity index (χ4n) is 3.75. The van der Waals surface area contributed by atoms with Crippen molar-refractivity contribution in [2.45, 2.75) is 37.5 Å². The highest BCUT2D eigenvalue weighted by molar-refractivity contribution is 5.87. The summed E-state index contributed by atoms with van der Waals surface area (Å²) < 4.78 is 79.5. The third kappa shape index (κ3) is 4.36. The molecule has 1 aliphatic rings. The highest BCUT2D eigenvalue weighted by atomic mass is 19.4. The van der Waals surface area contributed by atoms with Crippen LogP contribution in [0.3, 0.4) is 0 Å². The highest BCUT2D eigenvalue weighted by Gasteiger charge is 2.62. The molecule has 1 aromatic heterocycles. The summed E-state index contributed by atoms with van der Waals surface area (Å²) in [5.41, 5.74) is 4.95. The predicted molar refractivity (Wildman–Crippen MR) is 94.6 cm³/mol. The minimum atomic E-state index is -4.49. The van der Waals surface area contributed by atoms with Gasteiger partial charge in [-0.15, -0.1) is 0 Å². The van der Waals surface area contributed by atoms with E-state index >= 15 is 0 Å². The molecule has 3 rings (SSSR count). The zero-order chi connectivity index (χ0) is 22.3. The third-order valence-corrected chi connectivity index (χ3v) is 5.52. The lowest BCUT2D eigenvalue weighted by Gasteiger charge is -2.23. The van der Waals surface area contributed by atoms with Crippen LogP contribution < -0.4 is 10.5 Å². The van der Waals surface area contributed by atoms with Gasteiger partial charge in [-0.2, -0.15) is 26.3 Å². The lowest BCUT2D eigenvalue weighted by molar-refractivity contribution is -0.154. The summed E-state index contributed by atoms with van der Waals surface area (Å²) >= 11 is 0. The summed E-state index contributed by atoms with van der Waals surface area (Å²) in [6, 6.07) is 7.34. The number of rotatable bonds is 6. The van der Waals surface area contributed by atoms with E-state index in [1.165, 1.54) is 30.5 Å². The number of hydrogen-bond donors (Lipinski definition) is 1. The van der Waals surface area contributed by atoms with E-state index in [0.717, 1.165) is 12.1 Å². The maximum atomic E-state index is 12.8. The van der Waals surface area contributed by atoms with Crippen molar-refractivity contribution in [1.82, 2.24) is 4.98 Å². The van der Waals surface area contributed by atoms with Crippen LogP contribution >= 0.6 is 0 Å². The number of halogens is 6. The average Bonchev–Trinajstić information content (AvgIpc) is 3.42. The molecule has 0 saturated heterocycles. The first kappa shape index (κ1) is 21.9. The standard InChI is InChI=1S/C20H18F6N2O2/c1-11(13-4-7-16(28-9-13)30-10-19(21,22)23)18(17(27)29)8-15(18)12-2-5-14(6-3-12)20(24,25)26/h2-7,9,11,15H,8,10H2,1H3,(H2,27,29)/t11-,15?,18?/m1/s1. The van der Waals surface area contributed by atoms with Gasteiger partial charge in [0.25, 0.3) is 0 Å². The molecule has 162 valence electrons. The number of pyridine rings is 1. The predicted octanol–water partition coefficient (Wildman–Crippen LogP) is 4.80. The molecule has 1 fully saturated rings. The summed E-state index contributed by atoms with van der Waals surface area (Å²) in [7, 11) is 0. The number of benzene rings is 1. The molecule has 2 unspecified atom stereocenters. The molecule has 2 N–H and O–H groups in total. The molecule has 1 amide bonds. The van der Waals surface area contributed by atoms with Crippen LogP contribution in [0.15, 0.2) is 42.6 Å². The van der Waals surface area contributed by atoms with Crippen molar-refractivity contribution < 1.29 is 35.9 Å². The van der Waals surface area contributed by atoms with E-state index in [9.17, 15) is 31.1 Å². The second kappa shape index (κ2) is 7.48. The van der Waals surface area contributed by atoms with Crippen LogP contribution in [-0.4, -0.2) is 23.7 Å². The molecular formula is C20H18F6N2O2. The summed E-state index contributed by atoms with van der Waals surface area (Å²) in [6.07, 6.45) is -7.30. The Balaban J connectivity index is 1.78. The maximum Gasteiger partial charge on any atom is 0.422 e. The topological polar surface area (TPSA) is 65.2 Å². The Kier molecular flexibility index (Phi) is 5.46. The Labute approximate surface area is 168 Å². The van der Waals surface area contributed by atoms with Gasteiger partial charge in [0.2, 0.25) is 11.8 Å². The van der Waals surface area contributed by atoms with Crippen molar-refractivity contribution in [3.05, 3.63) is 59.3 Å². The SMILES string of the molecule is C[C@H](c1ccc(OCC(F)(F)F)nc1)C1(C(N)=O)CC1c1ccc(C(F)(F)F)cc1. The van der Waals surface area contributed by atoms with Crippen LogP contribution in [-0.2, 0) is 11.0 Å². The van der Waals surface area contributed by atoms with Crippen LogP contribution in [0.2, 0.25) is 0 Å². The van der Waals surface area contributed by atoms with Crippen molar-refractivity contribution in [2.24, 2.45) is 11.1 Å². The number of ether oxygens (including phenoxy) is 1. The molecule has 30 heavy (non-hydrogen) atoms. The second-order valence-electron chi connectivity index (χ2n) is 7.34. The molecule has 0 bridgehead atoms. The van der Waals surface area contributed by atoms with Crippen LogP contribution in [0, 0.1) is 5.41 Å². The van der Waals surface area contributed by atoms with E-state index in [4.69, 9.17) is 5.73 Å². The van der Waals surface area contributed by atoms with Crippen LogP contribution in [0.5, 0.6) is 5.88 Å². The van der Waals surface area contributed by atoms with Gasteiger partial charge in [-0.25, -0.2) is 4.98 Å². The van der Waals surface area contributed by atoms with Crippen molar-refractivity contribution >= 4 is 5.91 Å². The molecule has 1 aliphatic carbocycles. The monoisotopic (exact) mass is 432 g/mol. The smallest absolute Gasteiger partial charge is 0.422 e. The maximum absolute atomic E-state index is 12.8. The van der Waals surface area contributed by atoms with Gasteiger partial charge in [-0.05, 0) is 41.5 Å². The van der Waals surface area contributed by atoms with E-state index in [1.54, 1.807) is 6.92 Å². The second-order valence-corrected chi connectivity index (χ2v) is 7.34. The molecule has 1 aromatic carbocycles. The van der Waals surface area contributed by atoms with Crippen LogP contribution in [0.25, 0.3) is 0 Å². The fraction of sp³-hybridized carbons (Fsp3) is 0.400. The Hall–Kier alpha value is -2.78. The van der Waals surface area contributed by atoms with E-state index in [1.807, 2.05) is 0 Å². The molecule has 3 atom stereocenters. The van der Waals surface area contributed by atoms with E-state index < -0.39 is 41.8 Å². The molecule has 4 nitrogen and oxygen atoms in total. The van der Waals surface area contributed by atoms with Gasteiger partial charge in [-0.1, -0.05) is 25.1 Å². The number of amides is 1. The van der Waals surface area contributed by atoms with Crippen LogP contribution in [0.1, 0.15) is 41.9 Å². The van der Waals surface area contributed by atoms with Crippen molar-refractivity contribution in [2.75, 3.05) is 6.61 Å². The van der Waals surface area contributed by atoms with Crippen molar-refractivity contribution in [3.63, 3.8) is 0 Å². The van der Waals surface area contributed by atoms with Gasteiger partial charge in [0.05, 0.1) is 11.0 Å². The molecular weight excluding hydrogens is 414 g/mol. The van der Waals surface area contributed by atoms with Gasteiger partial charge in [0.15, 0.2) is 6.61 Å². The summed E-state index contributed by atoms with van der Waals surface area (Å²) in [6.45, 7) is 0.248. The Bertz CT molecular complexity index is 909. The molecule has 2 aromatic rings. The number of carbonyl (C=O) groups excluding carboxylic acids is 1. The quantitative estimate of drug-likeness (QED) is 0.667. The number of nitrogens with two attached hydrogens (primary N) is 1. The zero-order valence-corrected chi connectivity index (χ0v) is 15.7. The number of nitrogens with zero attached hydrogens (tertiary/aromatic N) is 1. The number of hydrogen-bond acceptors (Lipinski definition) is 3. The normalized spacial score (nSPS) is 22.4. The van der Waals surface area contributed by atoms with Gasteiger partial charge >= 0.3 is 12.4 Å². The number of carbonyl (C=O) groups is 1. The van der Waals surface area contributed by atoms with Gasteiger partial charge < -0.3 is 10.5 Å². The molecule has 1 saturated carbocycles. The first-order valence-electron chi connectivity index (χ1n) is 8.97. The largest absolute Gasteiger partial charge is 0.468 e. The summed E-state index contributed by atoms with van der Waals surface area (Å²) in [5.74, 6) is -1.64. The summed E-state index contributed by atoms with van der Waals surface area (Å²) in [5, 5.41) is 0. The first-order valence-corrected chi connectivity index (χ1v) is 8.97. The number of primary amides is 1. The molecule has 0 radical (unpaired) electrons. The Morgan fingerprint density at radius 1 is 1.17 bits per heavy atom. The van der Waals surface area contributed by atoms with Crippen molar-refractivity contribution in [3.8, 4) is 5.88 Å². The lowest BCUT2D eigenvalue weighted by Crippen LogP contribution is -2.31. The summed E-state index contributed by atoms with van der Waals surface area (Å²) in [4.78, 5) is 16.1. The highest BCUT2D eigenvalue weighted by Crippen LogP contribution is 2.66. The van der Waals surface area contributed by atoms with Gasteiger partial charge in [-0.3, -0.25) is 4.79 Å².